The van der Waals surface area contributed by atoms with E-state index in [0.29, 0.717) is 17.1 Å². The summed E-state index contributed by atoms with van der Waals surface area (Å²) in [6.07, 6.45) is 5.15. The van der Waals surface area contributed by atoms with Gasteiger partial charge in [-0.05, 0) is 41.5 Å². The second-order valence-corrected chi connectivity index (χ2v) is 5.59. The van der Waals surface area contributed by atoms with Crippen LogP contribution in [0.3, 0.4) is 0 Å². The molecule has 0 atom stereocenters. The van der Waals surface area contributed by atoms with E-state index in [-0.39, 0.29) is 5.91 Å². The van der Waals surface area contributed by atoms with Crippen LogP contribution in [0.5, 0.6) is 0 Å². The van der Waals surface area contributed by atoms with Crippen molar-refractivity contribution < 1.29 is 4.79 Å². The van der Waals surface area contributed by atoms with Gasteiger partial charge in [-0.15, -0.1) is 0 Å². The van der Waals surface area contributed by atoms with Gasteiger partial charge in [0.2, 0.25) is 0 Å². The predicted molar refractivity (Wildman–Crippen MR) is 94.3 cm³/mol. The molecular formula is C18H15ClN4O. The smallest absolute Gasteiger partial charge is 0.268 e. The molecule has 0 radical (unpaired) electrons. The molecule has 0 saturated carbocycles. The molecule has 5 nitrogen and oxygen atoms in total. The van der Waals surface area contributed by atoms with Crippen molar-refractivity contribution in [2.24, 2.45) is 5.10 Å². The number of hydrogen-bond acceptors (Lipinski definition) is 3. The average molecular weight is 339 g/mol. The number of carbonyl (C=O) groups excluding carboxylic acids is 1. The Bertz CT molecular complexity index is 859. The molecule has 2 aromatic carbocycles. The standard InChI is InChI=1S/C18H15ClN4O/c19-17-7-2-4-14(11-17)12-20-22-18(24)16-6-1-5-15(10-16)13-23-9-3-8-21-23/h1-12H,13H2,(H,22,24)/b20-12+. The lowest BCUT2D eigenvalue weighted by molar-refractivity contribution is 0.0955. The normalized spacial score (nSPS) is 10.9. The van der Waals surface area contributed by atoms with E-state index in [4.69, 9.17) is 11.6 Å². The summed E-state index contributed by atoms with van der Waals surface area (Å²) in [5, 5.41) is 8.74. The second-order valence-electron chi connectivity index (χ2n) is 5.16. The first-order chi connectivity index (χ1) is 11.7. The van der Waals surface area contributed by atoms with E-state index < -0.39 is 0 Å². The first kappa shape index (κ1) is 16.0. The molecule has 0 aliphatic heterocycles. The maximum absolute atomic E-state index is 12.2. The summed E-state index contributed by atoms with van der Waals surface area (Å²) in [7, 11) is 0. The minimum atomic E-state index is -0.268. The van der Waals surface area contributed by atoms with Crippen molar-refractivity contribution in [2.75, 3.05) is 0 Å². The van der Waals surface area contributed by atoms with Crippen LogP contribution in [0.1, 0.15) is 21.5 Å². The van der Waals surface area contributed by atoms with Crippen LogP contribution in [0, 0.1) is 0 Å². The van der Waals surface area contributed by atoms with Gasteiger partial charge in [0.05, 0.1) is 12.8 Å². The van der Waals surface area contributed by atoms with Gasteiger partial charge in [0.1, 0.15) is 0 Å². The third kappa shape index (κ3) is 4.30. The van der Waals surface area contributed by atoms with E-state index in [1.165, 1.54) is 0 Å². The van der Waals surface area contributed by atoms with Crippen molar-refractivity contribution >= 4 is 23.7 Å². The summed E-state index contributed by atoms with van der Waals surface area (Å²) in [4.78, 5) is 12.2. The van der Waals surface area contributed by atoms with Crippen LogP contribution in [0.15, 0.2) is 72.1 Å². The molecule has 3 aromatic rings. The molecule has 6 heteroatoms. The molecule has 120 valence electrons. The number of nitrogens with zero attached hydrogens (tertiary/aromatic N) is 3. The number of amides is 1. The fraction of sp³-hybridized carbons (Fsp3) is 0.0556. The Balaban J connectivity index is 1.64. The molecule has 1 heterocycles. The number of rotatable bonds is 5. The number of aromatic nitrogens is 2. The Morgan fingerprint density at radius 1 is 1.21 bits per heavy atom. The van der Waals surface area contributed by atoms with Crippen molar-refractivity contribution in [1.82, 2.24) is 15.2 Å². The lowest BCUT2D eigenvalue weighted by Crippen LogP contribution is -2.18. The molecule has 1 N–H and O–H groups in total. The summed E-state index contributed by atoms with van der Waals surface area (Å²) in [6, 6.07) is 16.5. The van der Waals surface area contributed by atoms with Crippen molar-refractivity contribution in [3.63, 3.8) is 0 Å². The molecule has 0 saturated heterocycles. The van der Waals surface area contributed by atoms with Crippen LogP contribution in [0.4, 0.5) is 0 Å². The molecule has 0 spiro atoms. The maximum atomic E-state index is 12.2. The van der Waals surface area contributed by atoms with E-state index >= 15 is 0 Å². The fourth-order valence-electron chi connectivity index (χ4n) is 2.21. The van der Waals surface area contributed by atoms with Gasteiger partial charge in [-0.3, -0.25) is 9.48 Å². The van der Waals surface area contributed by atoms with Gasteiger partial charge >= 0.3 is 0 Å². The molecule has 1 aromatic heterocycles. The summed E-state index contributed by atoms with van der Waals surface area (Å²) in [6.45, 7) is 0.611. The Hall–Kier alpha value is -2.92. The summed E-state index contributed by atoms with van der Waals surface area (Å²) in [5.41, 5.74) is 4.87. The van der Waals surface area contributed by atoms with Crippen LogP contribution in [-0.2, 0) is 6.54 Å². The van der Waals surface area contributed by atoms with E-state index in [2.05, 4.69) is 15.6 Å². The highest BCUT2D eigenvalue weighted by Crippen LogP contribution is 2.09. The van der Waals surface area contributed by atoms with Crippen LogP contribution in [-0.4, -0.2) is 21.9 Å². The zero-order valence-electron chi connectivity index (χ0n) is 12.8. The van der Waals surface area contributed by atoms with Gasteiger partial charge in [0.15, 0.2) is 0 Å². The second kappa shape index (κ2) is 7.57. The average Bonchev–Trinajstić information content (AvgIpc) is 3.08. The Kier molecular flexibility index (Phi) is 5.03. The number of benzene rings is 2. The van der Waals surface area contributed by atoms with Gasteiger partial charge in [0.25, 0.3) is 5.91 Å². The van der Waals surface area contributed by atoms with Crippen LogP contribution in [0.2, 0.25) is 5.02 Å². The Morgan fingerprint density at radius 3 is 2.88 bits per heavy atom. The fourth-order valence-corrected chi connectivity index (χ4v) is 2.41. The lowest BCUT2D eigenvalue weighted by atomic mass is 10.1. The molecular weight excluding hydrogens is 324 g/mol. The Labute approximate surface area is 144 Å². The number of carbonyl (C=O) groups is 1. The van der Waals surface area contributed by atoms with E-state index in [1.807, 2.05) is 42.6 Å². The third-order valence-corrected chi connectivity index (χ3v) is 3.56. The minimum absolute atomic E-state index is 0.268. The van der Waals surface area contributed by atoms with Gasteiger partial charge in [-0.1, -0.05) is 35.9 Å². The van der Waals surface area contributed by atoms with Crippen LogP contribution in [0.25, 0.3) is 0 Å². The molecule has 0 unspecified atom stereocenters. The summed E-state index contributed by atoms with van der Waals surface area (Å²) >= 11 is 5.90. The largest absolute Gasteiger partial charge is 0.271 e. The maximum Gasteiger partial charge on any atom is 0.271 e. The quantitative estimate of drug-likeness (QED) is 0.573. The highest BCUT2D eigenvalue weighted by molar-refractivity contribution is 6.30. The van der Waals surface area contributed by atoms with Crippen molar-refractivity contribution in [3.8, 4) is 0 Å². The number of nitrogens with one attached hydrogen (secondary N) is 1. The molecule has 0 fully saturated rings. The topological polar surface area (TPSA) is 59.3 Å². The van der Waals surface area contributed by atoms with E-state index in [1.54, 1.807) is 35.3 Å². The highest BCUT2D eigenvalue weighted by atomic mass is 35.5. The summed E-state index contributed by atoms with van der Waals surface area (Å²) < 4.78 is 1.80. The first-order valence-electron chi connectivity index (χ1n) is 7.36. The summed E-state index contributed by atoms with van der Waals surface area (Å²) in [5.74, 6) is -0.268. The van der Waals surface area contributed by atoms with Crippen LogP contribution >= 0.6 is 11.6 Å². The number of hydrogen-bond donors (Lipinski definition) is 1. The third-order valence-electron chi connectivity index (χ3n) is 3.32. The zero-order chi connectivity index (χ0) is 16.8. The molecule has 3 rings (SSSR count). The first-order valence-corrected chi connectivity index (χ1v) is 7.74. The van der Waals surface area contributed by atoms with Gasteiger partial charge in [-0.25, -0.2) is 5.43 Å². The number of halogens is 1. The van der Waals surface area contributed by atoms with E-state index in [0.717, 1.165) is 11.1 Å². The molecule has 1 amide bonds. The molecule has 0 bridgehead atoms. The van der Waals surface area contributed by atoms with Gasteiger partial charge < -0.3 is 0 Å². The van der Waals surface area contributed by atoms with Crippen molar-refractivity contribution in [3.05, 3.63) is 88.7 Å². The zero-order valence-corrected chi connectivity index (χ0v) is 13.5. The minimum Gasteiger partial charge on any atom is -0.268 e. The molecule has 24 heavy (non-hydrogen) atoms. The number of hydrazone groups is 1. The van der Waals surface area contributed by atoms with Crippen LogP contribution < -0.4 is 5.43 Å². The SMILES string of the molecule is O=C(N/N=C/c1cccc(Cl)c1)c1cccc(Cn2cccn2)c1. The molecule has 0 aliphatic carbocycles. The van der Waals surface area contributed by atoms with Gasteiger partial charge in [0, 0.05) is 23.0 Å². The monoisotopic (exact) mass is 338 g/mol. The van der Waals surface area contributed by atoms with Crippen molar-refractivity contribution in [1.29, 1.82) is 0 Å². The predicted octanol–water partition coefficient (Wildman–Crippen LogP) is 3.35. The lowest BCUT2D eigenvalue weighted by Gasteiger charge is -2.05. The van der Waals surface area contributed by atoms with Crippen molar-refractivity contribution in [2.45, 2.75) is 6.54 Å². The van der Waals surface area contributed by atoms with Gasteiger partial charge in [-0.2, -0.15) is 10.2 Å². The molecule has 0 aliphatic rings. The van der Waals surface area contributed by atoms with E-state index in [9.17, 15) is 4.79 Å². The highest BCUT2D eigenvalue weighted by Gasteiger charge is 2.05. The Morgan fingerprint density at radius 2 is 2.08 bits per heavy atom.